The highest BCUT2D eigenvalue weighted by molar-refractivity contribution is 5.85. The van der Waals surface area contributed by atoms with Crippen molar-refractivity contribution in [3.8, 4) is 17.2 Å². The Bertz CT molecular complexity index is 1010. The number of aliphatic hydroxyl groups excluding tert-OH is 1. The van der Waals surface area contributed by atoms with Gasteiger partial charge in [0.05, 0.1) is 44.5 Å². The Morgan fingerprint density at radius 1 is 1.24 bits per heavy atom. The Morgan fingerprint density at radius 2 is 1.85 bits per heavy atom. The van der Waals surface area contributed by atoms with Crippen LogP contribution in [0, 0.1) is 11.6 Å². The Morgan fingerprint density at radius 3 is 2.38 bits per heavy atom. The third-order valence-electron chi connectivity index (χ3n) is 4.43. The van der Waals surface area contributed by atoms with E-state index < -0.39 is 18.2 Å². The maximum absolute atomic E-state index is 14.4. The van der Waals surface area contributed by atoms with E-state index in [9.17, 15) is 13.6 Å². The van der Waals surface area contributed by atoms with E-state index in [2.05, 4.69) is 20.3 Å². The number of likely N-dealkylation sites (N-methyl/N-ethyl adjacent to an activating group) is 1. The summed E-state index contributed by atoms with van der Waals surface area (Å²) in [6.07, 6.45) is 5.13. The third-order valence-corrected chi connectivity index (χ3v) is 4.43. The van der Waals surface area contributed by atoms with Crippen LogP contribution in [0.2, 0.25) is 0 Å². The van der Waals surface area contributed by atoms with E-state index in [-0.39, 0.29) is 54.4 Å². The third kappa shape index (κ3) is 7.00. The molecule has 13 heteroatoms. The van der Waals surface area contributed by atoms with Gasteiger partial charge in [0.2, 0.25) is 11.9 Å². The number of benzene rings is 1. The monoisotopic (exact) mass is 480 g/mol. The van der Waals surface area contributed by atoms with Crippen molar-refractivity contribution in [2.24, 2.45) is 10.7 Å². The average Bonchev–Trinajstić information content (AvgIpc) is 2.84. The summed E-state index contributed by atoms with van der Waals surface area (Å²) in [6.45, 7) is -0.527. The van der Waals surface area contributed by atoms with Gasteiger partial charge in [-0.15, -0.1) is 0 Å². The predicted molar refractivity (Wildman–Crippen MR) is 120 cm³/mol. The molecule has 0 bridgehead atoms. The van der Waals surface area contributed by atoms with E-state index in [1.54, 1.807) is 7.05 Å². The van der Waals surface area contributed by atoms with Crippen molar-refractivity contribution in [2.75, 3.05) is 46.3 Å². The average molecular weight is 480 g/mol. The Balaban J connectivity index is 1.99. The highest BCUT2D eigenvalue weighted by atomic mass is 19.1. The molecule has 4 N–H and O–H groups in total. The molecular weight excluding hydrogens is 454 g/mol. The number of hydrogen-bond acceptors (Lipinski definition) is 10. The van der Waals surface area contributed by atoms with Crippen molar-refractivity contribution in [2.45, 2.75) is 6.61 Å². The van der Waals surface area contributed by atoms with Gasteiger partial charge in [0.25, 0.3) is 0 Å². The molecule has 2 aromatic rings. The minimum Gasteiger partial charge on any atom is -0.494 e. The number of aliphatic hydroxyl groups is 1. The lowest BCUT2D eigenvalue weighted by atomic mass is 10.1. The molecule has 0 aliphatic rings. The van der Waals surface area contributed by atoms with Gasteiger partial charge >= 0.3 is 0 Å². The Labute approximate surface area is 194 Å². The van der Waals surface area contributed by atoms with Crippen LogP contribution < -0.4 is 25.3 Å². The molecule has 0 aliphatic heterocycles. The SMILES string of the molecule is COc1cc(OC)c(F)c(COc2cnc(N/C(C=NCC(=O)N(C)CCO)=C/N)nc2)c1F. The van der Waals surface area contributed by atoms with E-state index in [1.165, 1.54) is 43.9 Å². The molecule has 1 aromatic heterocycles. The van der Waals surface area contributed by atoms with Crippen LogP contribution in [-0.2, 0) is 11.4 Å². The molecule has 2 rings (SSSR count). The lowest BCUT2D eigenvalue weighted by Crippen LogP contribution is -2.31. The minimum atomic E-state index is -0.905. The van der Waals surface area contributed by atoms with Crippen LogP contribution in [0.1, 0.15) is 5.56 Å². The van der Waals surface area contributed by atoms with Crippen molar-refractivity contribution in [1.29, 1.82) is 0 Å². The lowest BCUT2D eigenvalue weighted by Gasteiger charge is -2.14. The fourth-order valence-electron chi connectivity index (χ4n) is 2.54. The number of ether oxygens (including phenoxy) is 3. The molecule has 0 aliphatic carbocycles. The van der Waals surface area contributed by atoms with E-state index in [0.717, 1.165) is 6.07 Å². The second-order valence-corrected chi connectivity index (χ2v) is 6.67. The first-order chi connectivity index (χ1) is 16.3. The standard InChI is InChI=1S/C21H26F2N6O5/c1-29(4-5-30)18(31)11-25-8-13(7-24)28-21-26-9-14(10-27-21)34-12-15-19(22)16(32-2)6-17(33-3)20(15)23/h6-10,30H,4-5,11-12,24H2,1-3H3,(H,26,27,28)/b13-7+,25-8?. The Hall–Kier alpha value is -4.00. The highest BCUT2D eigenvalue weighted by Gasteiger charge is 2.20. The van der Waals surface area contributed by atoms with Crippen molar-refractivity contribution in [3.05, 3.63) is 47.6 Å². The lowest BCUT2D eigenvalue weighted by molar-refractivity contribution is -0.128. The molecule has 1 amide bonds. The molecule has 0 fully saturated rings. The molecule has 11 nitrogen and oxygen atoms in total. The summed E-state index contributed by atoms with van der Waals surface area (Å²) < 4.78 is 44.0. The molecule has 0 unspecified atom stereocenters. The first kappa shape index (κ1) is 26.3. The number of anilines is 1. The normalized spacial score (nSPS) is 11.4. The van der Waals surface area contributed by atoms with Crippen LogP contribution in [0.4, 0.5) is 14.7 Å². The summed E-state index contributed by atoms with van der Waals surface area (Å²) in [5.74, 6) is -2.17. The van der Waals surface area contributed by atoms with Gasteiger partial charge in [0, 0.05) is 32.1 Å². The molecule has 34 heavy (non-hydrogen) atoms. The molecule has 0 spiro atoms. The van der Waals surface area contributed by atoms with Gasteiger partial charge < -0.3 is 35.3 Å². The van der Waals surface area contributed by atoms with E-state index in [4.69, 9.17) is 25.1 Å². The number of aromatic nitrogens is 2. The summed E-state index contributed by atoms with van der Waals surface area (Å²) in [4.78, 5) is 25.2. The summed E-state index contributed by atoms with van der Waals surface area (Å²) in [5.41, 5.74) is 5.49. The maximum Gasteiger partial charge on any atom is 0.244 e. The fraction of sp³-hybridized carbons (Fsp3) is 0.333. The molecular formula is C21H26F2N6O5. The molecule has 0 radical (unpaired) electrons. The van der Waals surface area contributed by atoms with E-state index in [1.807, 2.05) is 0 Å². The second kappa shape index (κ2) is 12.9. The van der Waals surface area contributed by atoms with Gasteiger partial charge in [-0.25, -0.2) is 18.7 Å². The quantitative estimate of drug-likeness (QED) is 0.380. The van der Waals surface area contributed by atoms with Gasteiger partial charge in [-0.2, -0.15) is 0 Å². The number of nitrogens with one attached hydrogen (secondary N) is 1. The number of carbonyl (C=O) groups is 1. The van der Waals surface area contributed by atoms with Crippen LogP contribution in [0.5, 0.6) is 17.2 Å². The van der Waals surface area contributed by atoms with E-state index in [0.29, 0.717) is 5.70 Å². The molecule has 0 atom stereocenters. The minimum absolute atomic E-state index is 0.134. The second-order valence-electron chi connectivity index (χ2n) is 6.67. The van der Waals surface area contributed by atoms with Crippen LogP contribution in [0.3, 0.4) is 0 Å². The fourth-order valence-corrected chi connectivity index (χ4v) is 2.54. The maximum atomic E-state index is 14.4. The number of halogens is 2. The molecule has 1 aromatic carbocycles. The number of nitrogens with two attached hydrogens (primary N) is 1. The van der Waals surface area contributed by atoms with Gasteiger partial charge in [-0.05, 0) is 0 Å². The summed E-state index contributed by atoms with van der Waals surface area (Å²) in [5, 5.41) is 11.6. The van der Waals surface area contributed by atoms with Crippen molar-refractivity contribution in [1.82, 2.24) is 14.9 Å². The van der Waals surface area contributed by atoms with Gasteiger partial charge in [-0.1, -0.05) is 0 Å². The number of methoxy groups -OCH3 is 2. The van der Waals surface area contributed by atoms with Crippen molar-refractivity contribution >= 4 is 18.1 Å². The smallest absolute Gasteiger partial charge is 0.244 e. The largest absolute Gasteiger partial charge is 0.494 e. The van der Waals surface area contributed by atoms with Gasteiger partial charge in [-0.3, -0.25) is 9.79 Å². The van der Waals surface area contributed by atoms with Crippen LogP contribution >= 0.6 is 0 Å². The number of rotatable bonds is 12. The topological polar surface area (TPSA) is 144 Å². The molecule has 1 heterocycles. The summed E-state index contributed by atoms with van der Waals surface area (Å²) >= 11 is 0. The van der Waals surface area contributed by atoms with Crippen molar-refractivity contribution in [3.63, 3.8) is 0 Å². The van der Waals surface area contributed by atoms with Crippen LogP contribution in [-0.4, -0.2) is 73.1 Å². The highest BCUT2D eigenvalue weighted by Crippen LogP contribution is 2.31. The number of nitrogens with zero attached hydrogens (tertiary/aromatic N) is 4. The van der Waals surface area contributed by atoms with Gasteiger partial charge in [0.1, 0.15) is 13.2 Å². The van der Waals surface area contributed by atoms with Crippen LogP contribution in [0.15, 0.2) is 35.3 Å². The number of allylic oxidation sites excluding steroid dienone is 1. The number of hydrogen-bond donors (Lipinski definition) is 3. The zero-order chi connectivity index (χ0) is 25.1. The summed E-state index contributed by atoms with van der Waals surface area (Å²) in [7, 11) is 4.06. The van der Waals surface area contributed by atoms with E-state index >= 15 is 0 Å². The summed E-state index contributed by atoms with van der Waals surface area (Å²) in [6, 6.07) is 1.10. The first-order valence-electron chi connectivity index (χ1n) is 9.91. The Kier molecular flexibility index (Phi) is 9.95. The number of carbonyl (C=O) groups excluding carboxylic acids is 1. The zero-order valence-electron chi connectivity index (χ0n) is 18.9. The number of aliphatic imine (C=N–C) groups is 1. The molecule has 0 saturated carbocycles. The first-order valence-corrected chi connectivity index (χ1v) is 9.91. The van der Waals surface area contributed by atoms with Crippen molar-refractivity contribution < 1.29 is 32.9 Å². The molecule has 0 saturated heterocycles. The zero-order valence-corrected chi connectivity index (χ0v) is 18.9. The van der Waals surface area contributed by atoms with Crippen LogP contribution in [0.25, 0.3) is 0 Å². The predicted octanol–water partition coefficient (Wildman–Crippen LogP) is 1.08. The molecule has 184 valence electrons. The number of amides is 1. The van der Waals surface area contributed by atoms with Gasteiger partial charge in [0.15, 0.2) is 28.9 Å².